The Bertz CT molecular complexity index is 255. The minimum atomic E-state index is -0.831. The Kier molecular flexibility index (Phi) is 3.48. The van der Waals surface area contributed by atoms with E-state index >= 15 is 0 Å². The Morgan fingerprint density at radius 1 is 1.36 bits per heavy atom. The van der Waals surface area contributed by atoms with Crippen LogP contribution < -0.4 is 0 Å². The lowest BCUT2D eigenvalue weighted by molar-refractivity contribution is 0.695. The van der Waals surface area contributed by atoms with E-state index < -0.39 is 9.83 Å². The van der Waals surface area contributed by atoms with Gasteiger partial charge in [-0.2, -0.15) is 0 Å². The summed E-state index contributed by atoms with van der Waals surface area (Å²) in [5, 5.41) is 0. The van der Waals surface area contributed by atoms with Gasteiger partial charge in [0.2, 0.25) is 0 Å². The SMILES string of the molecule is CS(=O)Sc1ccc(S)cc1. The van der Waals surface area contributed by atoms with Crippen LogP contribution in [0.5, 0.6) is 0 Å². The highest BCUT2D eigenvalue weighted by Gasteiger charge is 1.95. The molecule has 1 aromatic rings. The summed E-state index contributed by atoms with van der Waals surface area (Å²) >= 11 is 4.14. The molecule has 0 spiro atoms. The molecule has 0 radical (unpaired) electrons. The highest BCUT2D eigenvalue weighted by atomic mass is 33.1. The van der Waals surface area contributed by atoms with Gasteiger partial charge in [-0.25, -0.2) is 4.21 Å². The fourth-order valence-corrected chi connectivity index (χ4v) is 2.45. The Morgan fingerprint density at radius 3 is 2.36 bits per heavy atom. The molecule has 0 heterocycles. The summed E-state index contributed by atoms with van der Waals surface area (Å²) in [5.41, 5.74) is 0. The highest BCUT2D eigenvalue weighted by molar-refractivity contribution is 8.68. The van der Waals surface area contributed by atoms with Crippen molar-refractivity contribution in [1.29, 1.82) is 0 Å². The van der Waals surface area contributed by atoms with E-state index in [0.29, 0.717) is 0 Å². The fourth-order valence-electron chi connectivity index (χ4n) is 0.637. The van der Waals surface area contributed by atoms with Gasteiger partial charge in [-0.1, -0.05) is 0 Å². The highest BCUT2D eigenvalue weighted by Crippen LogP contribution is 2.21. The van der Waals surface area contributed by atoms with Gasteiger partial charge in [0.15, 0.2) is 0 Å². The normalized spacial score (nSPS) is 12.9. The van der Waals surface area contributed by atoms with Crippen LogP contribution >= 0.6 is 23.4 Å². The van der Waals surface area contributed by atoms with E-state index in [4.69, 9.17) is 0 Å². The van der Waals surface area contributed by atoms with E-state index in [-0.39, 0.29) is 0 Å². The molecule has 0 saturated carbocycles. The van der Waals surface area contributed by atoms with Crippen molar-refractivity contribution in [3.63, 3.8) is 0 Å². The minimum Gasteiger partial charge on any atom is -0.248 e. The van der Waals surface area contributed by atoms with Crippen molar-refractivity contribution in [1.82, 2.24) is 0 Å². The van der Waals surface area contributed by atoms with E-state index in [9.17, 15) is 4.21 Å². The van der Waals surface area contributed by atoms with Gasteiger partial charge < -0.3 is 0 Å². The minimum absolute atomic E-state index is 0.831. The number of thiol groups is 1. The van der Waals surface area contributed by atoms with Gasteiger partial charge in [0, 0.05) is 16.0 Å². The second-order valence-corrected chi connectivity index (χ2v) is 5.84. The molecule has 4 heteroatoms. The van der Waals surface area contributed by atoms with Crippen molar-refractivity contribution in [3.8, 4) is 0 Å². The molecule has 1 rings (SSSR count). The van der Waals surface area contributed by atoms with Crippen LogP contribution in [-0.2, 0) is 9.83 Å². The predicted octanol–water partition coefficient (Wildman–Crippen LogP) is 2.36. The predicted molar refractivity (Wildman–Crippen MR) is 53.6 cm³/mol. The first-order valence-electron chi connectivity index (χ1n) is 2.99. The van der Waals surface area contributed by atoms with Crippen molar-refractivity contribution in [2.75, 3.05) is 6.26 Å². The molecular formula is C7H8OS3. The molecule has 0 N–H and O–H groups in total. The zero-order chi connectivity index (χ0) is 8.27. The van der Waals surface area contributed by atoms with Gasteiger partial charge in [-0.3, -0.25) is 0 Å². The van der Waals surface area contributed by atoms with E-state index in [1.165, 1.54) is 10.8 Å². The van der Waals surface area contributed by atoms with E-state index in [2.05, 4.69) is 12.6 Å². The zero-order valence-electron chi connectivity index (χ0n) is 5.98. The fraction of sp³-hybridized carbons (Fsp3) is 0.143. The molecule has 0 aliphatic carbocycles. The summed E-state index contributed by atoms with van der Waals surface area (Å²) in [6.45, 7) is 0. The molecule has 0 amide bonds. The molecule has 1 unspecified atom stereocenters. The molecule has 1 nitrogen and oxygen atoms in total. The van der Waals surface area contributed by atoms with Crippen LogP contribution in [0.3, 0.4) is 0 Å². The number of hydrogen-bond acceptors (Lipinski definition) is 3. The summed E-state index contributed by atoms with van der Waals surface area (Å²) in [4.78, 5) is 1.94. The lowest BCUT2D eigenvalue weighted by atomic mass is 10.4. The van der Waals surface area contributed by atoms with Crippen molar-refractivity contribution >= 4 is 33.3 Å². The quantitative estimate of drug-likeness (QED) is 0.588. The zero-order valence-corrected chi connectivity index (χ0v) is 8.51. The first kappa shape index (κ1) is 9.16. The van der Waals surface area contributed by atoms with E-state index in [0.717, 1.165) is 9.79 Å². The molecule has 0 aromatic heterocycles. The molecule has 11 heavy (non-hydrogen) atoms. The molecule has 1 atom stereocenters. The molecule has 0 fully saturated rings. The van der Waals surface area contributed by atoms with E-state index in [1.54, 1.807) is 6.26 Å². The van der Waals surface area contributed by atoms with Crippen LogP contribution in [0.1, 0.15) is 0 Å². The summed E-state index contributed by atoms with van der Waals surface area (Å²) < 4.78 is 10.8. The maximum Gasteiger partial charge on any atom is 0.0821 e. The van der Waals surface area contributed by atoms with Gasteiger partial charge in [0.05, 0.1) is 9.83 Å². The van der Waals surface area contributed by atoms with Gasteiger partial charge in [0.25, 0.3) is 0 Å². The molecule has 0 aliphatic heterocycles. The molecular weight excluding hydrogens is 196 g/mol. The smallest absolute Gasteiger partial charge is 0.0821 e. The second-order valence-electron chi connectivity index (χ2n) is 1.98. The summed E-state index contributed by atoms with van der Waals surface area (Å²) in [6.07, 6.45) is 1.67. The molecule has 60 valence electrons. The third kappa shape index (κ3) is 3.31. The topological polar surface area (TPSA) is 17.1 Å². The van der Waals surface area contributed by atoms with Gasteiger partial charge in [0.1, 0.15) is 0 Å². The number of benzene rings is 1. The maximum absolute atomic E-state index is 10.8. The van der Waals surface area contributed by atoms with Gasteiger partial charge in [-0.05, 0) is 35.1 Å². The number of rotatable bonds is 2. The largest absolute Gasteiger partial charge is 0.248 e. The van der Waals surface area contributed by atoms with Crippen LogP contribution in [0.2, 0.25) is 0 Å². The monoisotopic (exact) mass is 204 g/mol. The van der Waals surface area contributed by atoms with Crippen LogP contribution in [0.25, 0.3) is 0 Å². The van der Waals surface area contributed by atoms with Crippen LogP contribution in [-0.4, -0.2) is 10.5 Å². The van der Waals surface area contributed by atoms with Crippen molar-refractivity contribution in [2.45, 2.75) is 9.79 Å². The molecule has 0 bridgehead atoms. The third-order valence-corrected chi connectivity index (χ3v) is 3.33. The summed E-state index contributed by atoms with van der Waals surface area (Å²) in [6, 6.07) is 7.60. The summed E-state index contributed by atoms with van der Waals surface area (Å²) in [5.74, 6) is 0. The van der Waals surface area contributed by atoms with Gasteiger partial charge >= 0.3 is 0 Å². The van der Waals surface area contributed by atoms with E-state index in [1.807, 2.05) is 24.3 Å². The first-order valence-corrected chi connectivity index (χ1v) is 6.33. The lowest BCUT2D eigenvalue weighted by Gasteiger charge is -1.96. The summed E-state index contributed by atoms with van der Waals surface area (Å²) in [7, 11) is 0.514. The molecule has 0 saturated heterocycles. The van der Waals surface area contributed by atoms with Gasteiger partial charge in [-0.15, -0.1) is 12.6 Å². The third-order valence-electron chi connectivity index (χ3n) is 1.05. The van der Waals surface area contributed by atoms with Crippen LogP contribution in [0.15, 0.2) is 34.1 Å². The molecule has 1 aromatic carbocycles. The Balaban J connectivity index is 2.74. The Morgan fingerprint density at radius 2 is 1.91 bits per heavy atom. The standard InChI is InChI=1S/C7H8OS3/c1-11(8)10-7-4-2-6(9)3-5-7/h2-5,9H,1H3. The van der Waals surface area contributed by atoms with Crippen LogP contribution in [0.4, 0.5) is 0 Å². The Hall–Kier alpha value is 0.0700. The second kappa shape index (κ2) is 4.18. The number of hydrogen-bond donors (Lipinski definition) is 1. The molecule has 0 aliphatic rings. The average Bonchev–Trinajstić information content (AvgIpc) is 1.93. The van der Waals surface area contributed by atoms with Crippen molar-refractivity contribution in [3.05, 3.63) is 24.3 Å². The first-order chi connectivity index (χ1) is 5.18. The maximum atomic E-state index is 10.8. The van der Waals surface area contributed by atoms with Crippen molar-refractivity contribution < 1.29 is 4.21 Å². The lowest BCUT2D eigenvalue weighted by Crippen LogP contribution is -1.76. The van der Waals surface area contributed by atoms with Crippen molar-refractivity contribution in [2.24, 2.45) is 0 Å². The Labute approximate surface area is 77.8 Å². The van der Waals surface area contributed by atoms with Crippen LogP contribution in [0, 0.1) is 0 Å². The average molecular weight is 204 g/mol.